The monoisotopic (exact) mass is 289 g/mol. The minimum absolute atomic E-state index is 0.000347. The zero-order valence-corrected chi connectivity index (χ0v) is 11.5. The second-order valence-electron chi connectivity index (χ2n) is 4.98. The second-order valence-corrected chi connectivity index (χ2v) is 4.98. The van der Waals surface area contributed by atoms with Gasteiger partial charge in [0.25, 0.3) is 5.91 Å². The van der Waals surface area contributed by atoms with Crippen molar-refractivity contribution in [3.05, 3.63) is 35.6 Å². The number of ether oxygens (including phenoxy) is 1. The van der Waals surface area contributed by atoms with Crippen LogP contribution >= 0.6 is 0 Å². The van der Waals surface area contributed by atoms with Crippen LogP contribution in [0, 0.1) is 6.92 Å². The van der Waals surface area contributed by atoms with Gasteiger partial charge in [0.2, 0.25) is 0 Å². The van der Waals surface area contributed by atoms with Gasteiger partial charge in [-0.05, 0) is 13.0 Å². The molecular weight excluding hydrogens is 274 g/mol. The highest BCUT2D eigenvalue weighted by Crippen LogP contribution is 2.26. The molecule has 0 unspecified atom stereocenters. The molecule has 1 aliphatic heterocycles. The summed E-state index contributed by atoms with van der Waals surface area (Å²) in [6.45, 7) is 2.37. The Balaban J connectivity index is 1.99. The van der Waals surface area contributed by atoms with Gasteiger partial charge in [-0.2, -0.15) is 0 Å². The van der Waals surface area contributed by atoms with Crippen LogP contribution in [0.4, 0.5) is 0 Å². The number of morpholine rings is 1. The number of carboxylic acids is 1. The van der Waals surface area contributed by atoms with Gasteiger partial charge in [0.05, 0.1) is 13.2 Å². The first kappa shape index (κ1) is 13.6. The van der Waals surface area contributed by atoms with Crippen molar-refractivity contribution in [2.24, 2.45) is 0 Å². The van der Waals surface area contributed by atoms with Crippen LogP contribution in [-0.4, -0.2) is 47.7 Å². The van der Waals surface area contributed by atoms with E-state index in [1.54, 1.807) is 13.0 Å². The first-order chi connectivity index (χ1) is 10.1. The number of fused-ring (bicyclic) bond motifs is 1. The third kappa shape index (κ3) is 2.27. The average Bonchev–Trinajstić information content (AvgIpc) is 2.84. The number of benzene rings is 1. The molecule has 110 valence electrons. The standard InChI is InChI=1S/C15H15NO5/c1-9-10-4-2-3-5-12(10)21-13(9)14(17)16-6-7-20-8-11(16)15(18)19/h2-5,11H,6-8H2,1H3,(H,18,19)/t11-/m0/s1. The summed E-state index contributed by atoms with van der Waals surface area (Å²) in [4.78, 5) is 25.2. The van der Waals surface area contributed by atoms with Crippen molar-refractivity contribution < 1.29 is 23.8 Å². The largest absolute Gasteiger partial charge is 0.480 e. The predicted octanol–water partition coefficient (Wildman–Crippen LogP) is 1.67. The molecule has 1 N–H and O–H groups in total. The highest BCUT2D eigenvalue weighted by Gasteiger charge is 2.35. The van der Waals surface area contributed by atoms with E-state index in [1.165, 1.54) is 4.90 Å². The zero-order valence-electron chi connectivity index (χ0n) is 11.5. The van der Waals surface area contributed by atoms with Crippen LogP contribution in [0.3, 0.4) is 0 Å². The predicted molar refractivity (Wildman–Crippen MR) is 74.2 cm³/mol. The summed E-state index contributed by atoms with van der Waals surface area (Å²) in [7, 11) is 0. The van der Waals surface area contributed by atoms with E-state index in [0.29, 0.717) is 12.2 Å². The number of furan rings is 1. The normalized spacial score (nSPS) is 18.9. The van der Waals surface area contributed by atoms with Crippen molar-refractivity contribution in [1.29, 1.82) is 0 Å². The Kier molecular flexibility index (Phi) is 3.39. The van der Waals surface area contributed by atoms with E-state index in [-0.39, 0.29) is 18.9 Å². The summed E-state index contributed by atoms with van der Waals surface area (Å²) in [5, 5.41) is 10.1. The van der Waals surface area contributed by atoms with E-state index >= 15 is 0 Å². The number of rotatable bonds is 2. The van der Waals surface area contributed by atoms with Gasteiger partial charge in [0, 0.05) is 17.5 Å². The Morgan fingerprint density at radius 2 is 2.10 bits per heavy atom. The molecule has 6 heteroatoms. The molecule has 0 spiro atoms. The molecule has 1 amide bonds. The van der Waals surface area contributed by atoms with Gasteiger partial charge < -0.3 is 19.2 Å². The third-order valence-corrected chi connectivity index (χ3v) is 3.71. The van der Waals surface area contributed by atoms with Crippen LogP contribution in [0.25, 0.3) is 11.0 Å². The highest BCUT2D eigenvalue weighted by atomic mass is 16.5. The summed E-state index contributed by atoms with van der Waals surface area (Å²) >= 11 is 0. The number of amides is 1. The Bertz CT molecular complexity index is 705. The maximum absolute atomic E-state index is 12.6. The molecule has 0 bridgehead atoms. The lowest BCUT2D eigenvalue weighted by atomic mass is 10.1. The number of carboxylic acid groups (broad SMARTS) is 1. The molecule has 1 saturated heterocycles. The maximum Gasteiger partial charge on any atom is 0.328 e. The SMILES string of the molecule is Cc1c(C(=O)N2CCOC[C@H]2C(=O)O)oc2ccccc12. The molecule has 1 aromatic carbocycles. The molecule has 21 heavy (non-hydrogen) atoms. The molecule has 6 nitrogen and oxygen atoms in total. The quantitative estimate of drug-likeness (QED) is 0.909. The van der Waals surface area contributed by atoms with Crippen molar-refractivity contribution in [2.45, 2.75) is 13.0 Å². The number of nitrogens with zero attached hydrogens (tertiary/aromatic N) is 1. The maximum atomic E-state index is 12.6. The number of hydrogen-bond acceptors (Lipinski definition) is 4. The van der Waals surface area contributed by atoms with Crippen LogP contribution in [0.15, 0.2) is 28.7 Å². The Morgan fingerprint density at radius 1 is 1.33 bits per heavy atom. The van der Waals surface area contributed by atoms with Gasteiger partial charge in [0.15, 0.2) is 11.8 Å². The van der Waals surface area contributed by atoms with Crippen LogP contribution in [0.5, 0.6) is 0 Å². The third-order valence-electron chi connectivity index (χ3n) is 3.71. The number of para-hydroxylation sites is 1. The fraction of sp³-hybridized carbons (Fsp3) is 0.333. The number of hydrogen-bond donors (Lipinski definition) is 1. The first-order valence-electron chi connectivity index (χ1n) is 6.69. The topological polar surface area (TPSA) is 80.0 Å². The molecular formula is C15H15NO5. The lowest BCUT2D eigenvalue weighted by Crippen LogP contribution is -2.52. The summed E-state index contributed by atoms with van der Waals surface area (Å²) in [6.07, 6.45) is 0. The molecule has 1 fully saturated rings. The minimum atomic E-state index is -1.07. The number of aryl methyl sites for hydroxylation is 1. The van der Waals surface area contributed by atoms with E-state index in [9.17, 15) is 14.7 Å². The lowest BCUT2D eigenvalue weighted by molar-refractivity contribution is -0.147. The van der Waals surface area contributed by atoms with E-state index < -0.39 is 17.9 Å². The Labute approximate surface area is 120 Å². The first-order valence-corrected chi connectivity index (χ1v) is 6.69. The van der Waals surface area contributed by atoms with E-state index in [2.05, 4.69) is 0 Å². The molecule has 0 radical (unpaired) electrons. The van der Waals surface area contributed by atoms with Crippen LogP contribution in [0.2, 0.25) is 0 Å². The molecule has 1 aliphatic rings. The molecule has 2 heterocycles. The molecule has 0 saturated carbocycles. The van der Waals surface area contributed by atoms with E-state index in [0.717, 1.165) is 10.9 Å². The van der Waals surface area contributed by atoms with Crippen molar-refractivity contribution in [1.82, 2.24) is 4.90 Å². The smallest absolute Gasteiger partial charge is 0.328 e. The number of carbonyl (C=O) groups excluding carboxylic acids is 1. The number of carbonyl (C=O) groups is 2. The molecule has 2 aromatic rings. The fourth-order valence-corrected chi connectivity index (χ4v) is 2.56. The fourth-order valence-electron chi connectivity index (χ4n) is 2.56. The summed E-state index contributed by atoms with van der Waals surface area (Å²) < 4.78 is 10.8. The van der Waals surface area contributed by atoms with Gasteiger partial charge in [-0.3, -0.25) is 4.79 Å². The molecule has 1 aromatic heterocycles. The van der Waals surface area contributed by atoms with Crippen molar-refractivity contribution in [2.75, 3.05) is 19.8 Å². The van der Waals surface area contributed by atoms with Crippen molar-refractivity contribution in [3.8, 4) is 0 Å². The van der Waals surface area contributed by atoms with Crippen LogP contribution in [-0.2, 0) is 9.53 Å². The van der Waals surface area contributed by atoms with Gasteiger partial charge >= 0.3 is 5.97 Å². The van der Waals surface area contributed by atoms with Crippen LogP contribution in [0.1, 0.15) is 16.1 Å². The zero-order chi connectivity index (χ0) is 15.0. The molecule has 3 rings (SSSR count). The summed E-state index contributed by atoms with van der Waals surface area (Å²) in [5.74, 6) is -1.28. The highest BCUT2D eigenvalue weighted by molar-refractivity contribution is 6.00. The van der Waals surface area contributed by atoms with Gasteiger partial charge in [-0.1, -0.05) is 18.2 Å². The number of aliphatic carboxylic acids is 1. The van der Waals surface area contributed by atoms with Crippen molar-refractivity contribution >= 4 is 22.8 Å². The van der Waals surface area contributed by atoms with Gasteiger partial charge in [0.1, 0.15) is 5.58 Å². The Morgan fingerprint density at radius 3 is 2.81 bits per heavy atom. The minimum Gasteiger partial charge on any atom is -0.480 e. The summed E-state index contributed by atoms with van der Waals surface area (Å²) in [6, 6.07) is 6.38. The lowest BCUT2D eigenvalue weighted by Gasteiger charge is -2.32. The van der Waals surface area contributed by atoms with E-state index in [1.807, 2.05) is 18.2 Å². The Hall–Kier alpha value is -2.34. The molecule has 0 aliphatic carbocycles. The van der Waals surface area contributed by atoms with Gasteiger partial charge in [-0.25, -0.2) is 4.79 Å². The molecule has 1 atom stereocenters. The second kappa shape index (κ2) is 5.21. The van der Waals surface area contributed by atoms with Gasteiger partial charge in [-0.15, -0.1) is 0 Å². The van der Waals surface area contributed by atoms with Crippen molar-refractivity contribution in [3.63, 3.8) is 0 Å². The summed E-state index contributed by atoms with van der Waals surface area (Å²) in [5.41, 5.74) is 1.35. The van der Waals surface area contributed by atoms with E-state index in [4.69, 9.17) is 9.15 Å². The van der Waals surface area contributed by atoms with Crippen LogP contribution < -0.4 is 0 Å². The average molecular weight is 289 g/mol.